The first kappa shape index (κ1) is 17.5. The van der Waals surface area contributed by atoms with Crippen molar-refractivity contribution >= 4 is 7.85 Å². The van der Waals surface area contributed by atoms with Gasteiger partial charge in [0.2, 0.25) is 0 Å². The molecule has 1 nitrogen and oxygen atoms in total. The number of hydrogen-bond donors (Lipinski definition) is 0. The number of aryl methyl sites for hydroxylation is 1. The summed E-state index contributed by atoms with van der Waals surface area (Å²) in [6.45, 7) is 6.33. The zero-order valence-corrected chi connectivity index (χ0v) is 15.3. The van der Waals surface area contributed by atoms with Crippen LogP contribution >= 0.6 is 0 Å². The molecule has 0 bridgehead atoms. The fraction of sp³-hybridized carbons (Fsp3) is 0.261. The zero-order chi connectivity index (χ0) is 17.9. The molecule has 0 saturated heterocycles. The molecule has 0 aliphatic rings. The molecular formula is C23H24BN. The SMILES string of the molecule is [B]C(C)(CCC)c1ncc(-c2ccc(-c3ccccc3)cc2)cc1C. The van der Waals surface area contributed by atoms with E-state index in [0.29, 0.717) is 0 Å². The van der Waals surface area contributed by atoms with Crippen LogP contribution < -0.4 is 0 Å². The van der Waals surface area contributed by atoms with Crippen LogP contribution in [-0.4, -0.2) is 12.8 Å². The number of aromatic nitrogens is 1. The van der Waals surface area contributed by atoms with Crippen molar-refractivity contribution in [2.75, 3.05) is 0 Å². The molecule has 25 heavy (non-hydrogen) atoms. The van der Waals surface area contributed by atoms with Crippen molar-refractivity contribution in [3.8, 4) is 22.3 Å². The Kier molecular flexibility index (Phi) is 5.08. The third-order valence-electron chi connectivity index (χ3n) is 4.71. The van der Waals surface area contributed by atoms with Crippen molar-refractivity contribution in [2.24, 2.45) is 0 Å². The van der Waals surface area contributed by atoms with Crippen molar-refractivity contribution in [3.05, 3.63) is 78.1 Å². The Morgan fingerprint density at radius 3 is 2.00 bits per heavy atom. The lowest BCUT2D eigenvalue weighted by atomic mass is 9.64. The molecule has 1 atom stereocenters. The lowest BCUT2D eigenvalue weighted by Crippen LogP contribution is -2.24. The van der Waals surface area contributed by atoms with E-state index in [2.05, 4.69) is 75.4 Å². The molecule has 0 amide bonds. The normalized spacial score (nSPS) is 13.4. The fourth-order valence-electron chi connectivity index (χ4n) is 3.45. The molecule has 0 N–H and O–H groups in total. The van der Waals surface area contributed by atoms with E-state index in [9.17, 15) is 0 Å². The van der Waals surface area contributed by atoms with Crippen LogP contribution in [0.2, 0.25) is 0 Å². The topological polar surface area (TPSA) is 12.9 Å². The Hall–Kier alpha value is -2.35. The van der Waals surface area contributed by atoms with Gasteiger partial charge in [-0.15, -0.1) is 0 Å². The number of pyridine rings is 1. The predicted octanol–water partition coefficient (Wildman–Crippen LogP) is 5.91. The van der Waals surface area contributed by atoms with Crippen molar-refractivity contribution in [1.82, 2.24) is 4.98 Å². The third-order valence-corrected chi connectivity index (χ3v) is 4.71. The van der Waals surface area contributed by atoms with E-state index in [1.807, 2.05) is 12.3 Å². The van der Waals surface area contributed by atoms with E-state index in [0.717, 1.165) is 29.7 Å². The van der Waals surface area contributed by atoms with E-state index in [1.165, 1.54) is 16.7 Å². The summed E-state index contributed by atoms with van der Waals surface area (Å²) >= 11 is 0. The molecule has 124 valence electrons. The van der Waals surface area contributed by atoms with Crippen LogP contribution in [0.5, 0.6) is 0 Å². The van der Waals surface area contributed by atoms with Gasteiger partial charge in [-0.2, -0.15) is 0 Å². The van der Waals surface area contributed by atoms with Gasteiger partial charge in [0.1, 0.15) is 0 Å². The van der Waals surface area contributed by atoms with Crippen LogP contribution in [0.4, 0.5) is 0 Å². The highest BCUT2D eigenvalue weighted by Gasteiger charge is 2.22. The Morgan fingerprint density at radius 2 is 1.44 bits per heavy atom. The monoisotopic (exact) mass is 325 g/mol. The quantitative estimate of drug-likeness (QED) is 0.532. The summed E-state index contributed by atoms with van der Waals surface area (Å²) in [5, 5.41) is -0.367. The van der Waals surface area contributed by atoms with Crippen LogP contribution in [0.25, 0.3) is 22.3 Å². The molecule has 0 fully saturated rings. The highest BCUT2D eigenvalue weighted by atomic mass is 14.7. The molecule has 0 saturated carbocycles. The van der Waals surface area contributed by atoms with Crippen molar-refractivity contribution in [3.63, 3.8) is 0 Å². The van der Waals surface area contributed by atoms with Gasteiger partial charge in [0.15, 0.2) is 0 Å². The molecule has 2 heteroatoms. The Bertz CT molecular complexity index is 836. The van der Waals surface area contributed by atoms with Gasteiger partial charge in [-0.3, -0.25) is 4.98 Å². The highest BCUT2D eigenvalue weighted by molar-refractivity contribution is 6.15. The average Bonchev–Trinajstić information content (AvgIpc) is 2.62. The van der Waals surface area contributed by atoms with Crippen molar-refractivity contribution < 1.29 is 0 Å². The fourth-order valence-corrected chi connectivity index (χ4v) is 3.45. The van der Waals surface area contributed by atoms with Gasteiger partial charge in [-0.25, -0.2) is 0 Å². The standard InChI is InChI=1S/C23H24BN/c1-4-14-23(3,24)22-17(2)15-21(16-25-22)20-12-10-19(11-13-20)18-8-6-5-7-9-18/h5-13,15-16H,4,14H2,1-3H3. The minimum atomic E-state index is -0.367. The van der Waals surface area contributed by atoms with Gasteiger partial charge in [-0.05, 0) is 40.6 Å². The highest BCUT2D eigenvalue weighted by Crippen LogP contribution is 2.30. The van der Waals surface area contributed by atoms with Crippen LogP contribution in [0.1, 0.15) is 37.9 Å². The maximum Gasteiger partial charge on any atom is 0.0828 e. The first-order valence-electron chi connectivity index (χ1n) is 8.93. The summed E-state index contributed by atoms with van der Waals surface area (Å²) in [6, 6.07) is 21.3. The molecule has 1 heterocycles. The largest absolute Gasteiger partial charge is 0.261 e. The molecule has 3 rings (SSSR count). The van der Waals surface area contributed by atoms with E-state index in [4.69, 9.17) is 12.8 Å². The molecule has 3 aromatic rings. The minimum absolute atomic E-state index is 0.367. The van der Waals surface area contributed by atoms with Crippen LogP contribution in [-0.2, 0) is 5.31 Å². The molecule has 1 aromatic heterocycles. The second-order valence-corrected chi connectivity index (χ2v) is 7.00. The summed E-state index contributed by atoms with van der Waals surface area (Å²) in [6.07, 6.45) is 3.93. The Morgan fingerprint density at radius 1 is 0.880 bits per heavy atom. The van der Waals surface area contributed by atoms with Gasteiger partial charge in [0.05, 0.1) is 7.85 Å². The van der Waals surface area contributed by atoms with Gasteiger partial charge in [0, 0.05) is 17.5 Å². The maximum atomic E-state index is 6.46. The molecular weight excluding hydrogens is 301 g/mol. The summed E-state index contributed by atoms with van der Waals surface area (Å²) < 4.78 is 0. The van der Waals surface area contributed by atoms with Gasteiger partial charge in [-0.1, -0.05) is 81.3 Å². The average molecular weight is 325 g/mol. The zero-order valence-electron chi connectivity index (χ0n) is 15.3. The Balaban J connectivity index is 1.89. The second kappa shape index (κ2) is 7.27. The second-order valence-electron chi connectivity index (χ2n) is 7.00. The summed E-state index contributed by atoms with van der Waals surface area (Å²) in [5.74, 6) is 0. The molecule has 0 aliphatic carbocycles. The van der Waals surface area contributed by atoms with Crippen LogP contribution in [0.15, 0.2) is 66.9 Å². The van der Waals surface area contributed by atoms with Gasteiger partial charge in [0.25, 0.3) is 0 Å². The smallest absolute Gasteiger partial charge is 0.0828 e. The van der Waals surface area contributed by atoms with E-state index in [-0.39, 0.29) is 5.31 Å². The van der Waals surface area contributed by atoms with Gasteiger partial charge < -0.3 is 0 Å². The van der Waals surface area contributed by atoms with E-state index in [1.54, 1.807) is 0 Å². The third kappa shape index (κ3) is 3.84. The number of rotatable bonds is 5. The lowest BCUT2D eigenvalue weighted by Gasteiger charge is -2.26. The maximum absolute atomic E-state index is 6.46. The molecule has 2 radical (unpaired) electrons. The minimum Gasteiger partial charge on any atom is -0.261 e. The molecule has 0 aliphatic heterocycles. The number of benzene rings is 2. The van der Waals surface area contributed by atoms with Gasteiger partial charge >= 0.3 is 0 Å². The predicted molar refractivity (Wildman–Crippen MR) is 108 cm³/mol. The Labute approximate surface area is 152 Å². The summed E-state index contributed by atoms with van der Waals surface area (Å²) in [7, 11) is 6.46. The van der Waals surface area contributed by atoms with E-state index < -0.39 is 0 Å². The van der Waals surface area contributed by atoms with Crippen LogP contribution in [0.3, 0.4) is 0 Å². The van der Waals surface area contributed by atoms with Crippen molar-refractivity contribution in [2.45, 2.75) is 38.9 Å². The number of nitrogens with zero attached hydrogens (tertiary/aromatic N) is 1. The van der Waals surface area contributed by atoms with Crippen molar-refractivity contribution in [1.29, 1.82) is 0 Å². The van der Waals surface area contributed by atoms with Crippen LogP contribution in [0, 0.1) is 6.92 Å². The summed E-state index contributed by atoms with van der Waals surface area (Å²) in [5.41, 5.74) is 6.92. The molecule has 1 unspecified atom stereocenters. The number of hydrogen-bond acceptors (Lipinski definition) is 1. The summed E-state index contributed by atoms with van der Waals surface area (Å²) in [4.78, 5) is 4.70. The first-order chi connectivity index (χ1) is 12.0. The van der Waals surface area contributed by atoms with E-state index >= 15 is 0 Å². The molecule has 2 aromatic carbocycles. The molecule has 0 spiro atoms. The lowest BCUT2D eigenvalue weighted by molar-refractivity contribution is 0.575. The first-order valence-corrected chi connectivity index (χ1v) is 8.93.